The van der Waals surface area contributed by atoms with Crippen LogP contribution < -0.4 is 5.73 Å². The zero-order valence-electron chi connectivity index (χ0n) is 11.1. The van der Waals surface area contributed by atoms with Crippen molar-refractivity contribution in [1.82, 2.24) is 4.31 Å². The summed E-state index contributed by atoms with van der Waals surface area (Å²) in [7, 11) is -4.59. The van der Waals surface area contributed by atoms with E-state index in [0.29, 0.717) is 17.1 Å². The summed E-state index contributed by atoms with van der Waals surface area (Å²) in [6.07, 6.45) is -4.03. The number of nitrogens with zero attached hydrogens (tertiary/aromatic N) is 1. The number of sulfonamides is 1. The minimum absolute atomic E-state index is 0.0183. The Balaban J connectivity index is 2.49. The van der Waals surface area contributed by atoms with Crippen LogP contribution in [0, 0.1) is 12.7 Å². The van der Waals surface area contributed by atoms with E-state index in [-0.39, 0.29) is 11.3 Å². The van der Waals surface area contributed by atoms with Crippen molar-refractivity contribution in [1.29, 1.82) is 0 Å². The molecule has 1 aromatic rings. The molecule has 0 amide bonds. The third-order valence-electron chi connectivity index (χ3n) is 3.12. The second-order valence-electron chi connectivity index (χ2n) is 5.05. The van der Waals surface area contributed by atoms with E-state index in [9.17, 15) is 26.0 Å². The lowest BCUT2D eigenvalue weighted by molar-refractivity contribution is -0.137. The van der Waals surface area contributed by atoms with E-state index >= 15 is 0 Å². The number of alkyl halides is 3. The van der Waals surface area contributed by atoms with Gasteiger partial charge in [-0.1, -0.05) is 0 Å². The van der Waals surface area contributed by atoms with Crippen LogP contribution in [0.1, 0.15) is 18.4 Å². The number of benzene rings is 1. The van der Waals surface area contributed by atoms with E-state index < -0.39 is 39.5 Å². The Hall–Kier alpha value is -1.35. The molecule has 0 heterocycles. The van der Waals surface area contributed by atoms with Crippen molar-refractivity contribution < 1.29 is 26.0 Å². The van der Waals surface area contributed by atoms with Crippen LogP contribution in [0.3, 0.4) is 0 Å². The number of aryl methyl sites for hydroxylation is 1. The molecule has 0 spiro atoms. The highest BCUT2D eigenvalue weighted by atomic mass is 32.2. The molecule has 0 unspecified atom stereocenters. The number of rotatable bonds is 4. The Morgan fingerprint density at radius 2 is 1.90 bits per heavy atom. The number of anilines is 1. The number of nitrogen functional groups attached to an aromatic ring is 1. The van der Waals surface area contributed by atoms with Gasteiger partial charge in [-0.3, -0.25) is 0 Å². The number of hydrogen-bond acceptors (Lipinski definition) is 3. The number of halogens is 4. The normalized spacial score (nSPS) is 16.5. The smallest absolute Gasteiger partial charge is 0.399 e. The molecule has 21 heavy (non-hydrogen) atoms. The monoisotopic (exact) mass is 326 g/mol. The van der Waals surface area contributed by atoms with Crippen LogP contribution in [0.5, 0.6) is 0 Å². The van der Waals surface area contributed by atoms with Gasteiger partial charge in [0.15, 0.2) is 0 Å². The zero-order valence-corrected chi connectivity index (χ0v) is 11.9. The summed E-state index contributed by atoms with van der Waals surface area (Å²) >= 11 is 0. The van der Waals surface area contributed by atoms with Crippen molar-refractivity contribution in [2.45, 2.75) is 36.9 Å². The highest BCUT2D eigenvalue weighted by Crippen LogP contribution is 2.36. The van der Waals surface area contributed by atoms with Gasteiger partial charge >= 0.3 is 6.18 Å². The molecule has 0 saturated heterocycles. The minimum Gasteiger partial charge on any atom is -0.399 e. The summed E-state index contributed by atoms with van der Waals surface area (Å²) in [5, 5.41) is 0. The fourth-order valence-corrected chi connectivity index (χ4v) is 3.87. The molecule has 2 N–H and O–H groups in total. The molecular formula is C12H14F4N2O2S. The fraction of sp³-hybridized carbons (Fsp3) is 0.500. The molecule has 1 saturated carbocycles. The minimum atomic E-state index is -4.69. The average Bonchev–Trinajstić information content (AvgIpc) is 3.13. The molecule has 9 heteroatoms. The summed E-state index contributed by atoms with van der Waals surface area (Å²) < 4.78 is 76.7. The standard InChI is InChI=1S/C12H14F4N2O2S/c1-7-4-8(17)5-10(11(7)13)21(19,20)18(9-2-3-9)6-12(14,15)16/h4-5,9H,2-3,6,17H2,1H3. The Bertz CT molecular complexity index is 654. The predicted molar refractivity (Wildman–Crippen MR) is 68.5 cm³/mol. The molecule has 0 radical (unpaired) electrons. The molecule has 1 aromatic carbocycles. The van der Waals surface area contributed by atoms with Crippen molar-refractivity contribution in [3.8, 4) is 0 Å². The highest BCUT2D eigenvalue weighted by Gasteiger charge is 2.45. The van der Waals surface area contributed by atoms with E-state index in [2.05, 4.69) is 0 Å². The van der Waals surface area contributed by atoms with Gasteiger partial charge < -0.3 is 5.73 Å². The van der Waals surface area contributed by atoms with Crippen LogP contribution >= 0.6 is 0 Å². The first-order valence-corrected chi connectivity index (χ1v) is 7.60. The lowest BCUT2D eigenvalue weighted by Crippen LogP contribution is -2.40. The molecule has 118 valence electrons. The Kier molecular flexibility index (Phi) is 3.92. The van der Waals surface area contributed by atoms with Gasteiger partial charge in [-0.05, 0) is 37.5 Å². The third kappa shape index (κ3) is 3.46. The molecule has 0 bridgehead atoms. The van der Waals surface area contributed by atoms with Gasteiger partial charge in [-0.2, -0.15) is 17.5 Å². The Labute approximate surface area is 119 Å². The fourth-order valence-electron chi connectivity index (χ4n) is 2.03. The van der Waals surface area contributed by atoms with Crippen molar-refractivity contribution in [2.24, 2.45) is 0 Å². The van der Waals surface area contributed by atoms with Crippen molar-refractivity contribution in [3.05, 3.63) is 23.5 Å². The van der Waals surface area contributed by atoms with Crippen LogP contribution in [0.25, 0.3) is 0 Å². The first-order valence-electron chi connectivity index (χ1n) is 6.16. The van der Waals surface area contributed by atoms with Crippen molar-refractivity contribution in [3.63, 3.8) is 0 Å². The summed E-state index contributed by atoms with van der Waals surface area (Å²) in [4.78, 5) is -0.809. The maximum atomic E-state index is 14.0. The molecule has 1 aliphatic rings. The van der Waals surface area contributed by atoms with E-state index in [0.717, 1.165) is 6.07 Å². The van der Waals surface area contributed by atoms with Crippen LogP contribution in [0.15, 0.2) is 17.0 Å². The average molecular weight is 326 g/mol. The molecule has 1 fully saturated rings. The molecule has 0 aromatic heterocycles. The van der Waals surface area contributed by atoms with Gasteiger partial charge in [-0.15, -0.1) is 0 Å². The Morgan fingerprint density at radius 1 is 1.33 bits per heavy atom. The summed E-state index contributed by atoms with van der Waals surface area (Å²) in [5.41, 5.74) is 5.42. The van der Waals surface area contributed by atoms with Gasteiger partial charge in [0, 0.05) is 11.7 Å². The zero-order chi connectivity index (χ0) is 16.0. The van der Waals surface area contributed by atoms with E-state index in [1.165, 1.54) is 13.0 Å². The second kappa shape index (κ2) is 5.13. The van der Waals surface area contributed by atoms with E-state index in [4.69, 9.17) is 5.73 Å². The quantitative estimate of drug-likeness (QED) is 0.683. The van der Waals surface area contributed by atoms with Crippen LogP contribution in [-0.2, 0) is 10.0 Å². The summed E-state index contributed by atoms with van der Waals surface area (Å²) in [6, 6.07) is 1.33. The number of hydrogen-bond donors (Lipinski definition) is 1. The molecule has 0 atom stereocenters. The predicted octanol–water partition coefficient (Wildman–Crippen LogP) is 2.43. The second-order valence-corrected chi connectivity index (χ2v) is 6.91. The lowest BCUT2D eigenvalue weighted by atomic mass is 10.2. The largest absolute Gasteiger partial charge is 0.402 e. The van der Waals surface area contributed by atoms with Gasteiger partial charge in [0.2, 0.25) is 10.0 Å². The van der Waals surface area contributed by atoms with E-state index in [1.807, 2.05) is 0 Å². The summed E-state index contributed by atoms with van der Waals surface area (Å²) in [6.45, 7) is -0.330. The van der Waals surface area contributed by atoms with Crippen LogP contribution in [0.4, 0.5) is 23.2 Å². The van der Waals surface area contributed by atoms with Gasteiger partial charge in [0.05, 0.1) is 0 Å². The van der Waals surface area contributed by atoms with E-state index in [1.54, 1.807) is 0 Å². The van der Waals surface area contributed by atoms with Crippen molar-refractivity contribution in [2.75, 3.05) is 12.3 Å². The first-order chi connectivity index (χ1) is 9.52. The van der Waals surface area contributed by atoms with Gasteiger partial charge in [-0.25, -0.2) is 12.8 Å². The topological polar surface area (TPSA) is 63.4 Å². The molecular weight excluding hydrogens is 312 g/mol. The maximum absolute atomic E-state index is 14.0. The SMILES string of the molecule is Cc1cc(N)cc(S(=O)(=O)N(CC(F)(F)F)C2CC2)c1F. The van der Waals surface area contributed by atoms with Gasteiger partial charge in [0.1, 0.15) is 17.3 Å². The maximum Gasteiger partial charge on any atom is 0.402 e. The molecule has 0 aliphatic heterocycles. The third-order valence-corrected chi connectivity index (χ3v) is 5.02. The summed E-state index contributed by atoms with van der Waals surface area (Å²) in [5.74, 6) is -1.07. The molecule has 4 nitrogen and oxygen atoms in total. The first kappa shape index (κ1) is 16.0. The van der Waals surface area contributed by atoms with Gasteiger partial charge in [0.25, 0.3) is 0 Å². The van der Waals surface area contributed by atoms with Crippen LogP contribution in [0.2, 0.25) is 0 Å². The molecule has 1 aliphatic carbocycles. The van der Waals surface area contributed by atoms with Crippen molar-refractivity contribution >= 4 is 15.7 Å². The highest BCUT2D eigenvalue weighted by molar-refractivity contribution is 7.89. The number of nitrogens with two attached hydrogens (primary N) is 1. The molecule has 2 rings (SSSR count). The van der Waals surface area contributed by atoms with Crippen LogP contribution in [-0.4, -0.2) is 31.5 Å². The Morgan fingerprint density at radius 3 is 2.38 bits per heavy atom. The lowest BCUT2D eigenvalue weighted by Gasteiger charge is -2.23.